The van der Waals surface area contributed by atoms with Crippen LogP contribution in [0.15, 0.2) is 134 Å². The number of aromatic hydroxyl groups is 1. The van der Waals surface area contributed by atoms with E-state index >= 15 is 0 Å². The molecule has 0 unspecified atom stereocenters. The van der Waals surface area contributed by atoms with Gasteiger partial charge in [-0.15, -0.1) is 29.8 Å². The van der Waals surface area contributed by atoms with Gasteiger partial charge in [-0.05, 0) is 97.8 Å². The fraction of sp³-hybridized carbons (Fsp3) is 0.286. The molecule has 0 saturated carbocycles. The van der Waals surface area contributed by atoms with Gasteiger partial charge in [0.15, 0.2) is 0 Å². The zero-order valence-electron chi connectivity index (χ0n) is 38.3. The molecule has 6 heteroatoms. The zero-order valence-corrected chi connectivity index (χ0v) is 40.5. The summed E-state index contributed by atoms with van der Waals surface area (Å²) in [6.07, 6.45) is 1.88. The van der Waals surface area contributed by atoms with Gasteiger partial charge in [-0.3, -0.25) is 9.55 Å². The number of hydrogen-bond acceptors (Lipinski definition) is 4. The van der Waals surface area contributed by atoms with E-state index < -0.39 is 0 Å². The number of rotatable bonds is 6. The van der Waals surface area contributed by atoms with Crippen molar-refractivity contribution >= 4 is 39.1 Å². The summed E-state index contributed by atoms with van der Waals surface area (Å²) in [5.74, 6) is 1.07. The molecule has 0 aliphatic rings. The summed E-state index contributed by atoms with van der Waals surface area (Å²) in [5.41, 5.74) is 11.9. The minimum Gasteiger partial charge on any atom is -0.505 e. The molecular formula is C56H59N4OPt-. The summed E-state index contributed by atoms with van der Waals surface area (Å²) < 4.78 is 2.20. The van der Waals surface area contributed by atoms with E-state index in [1.165, 1.54) is 5.56 Å². The molecule has 3 aromatic heterocycles. The van der Waals surface area contributed by atoms with Crippen molar-refractivity contribution in [3.8, 4) is 33.8 Å². The maximum Gasteiger partial charge on any atom is 0.143 e. The molecule has 0 amide bonds. The molecule has 0 saturated heterocycles. The van der Waals surface area contributed by atoms with Crippen molar-refractivity contribution in [2.75, 3.05) is 4.90 Å². The van der Waals surface area contributed by atoms with Gasteiger partial charge in [0, 0.05) is 49.3 Å². The van der Waals surface area contributed by atoms with Crippen molar-refractivity contribution in [3.63, 3.8) is 0 Å². The molecule has 0 radical (unpaired) electrons. The summed E-state index contributed by atoms with van der Waals surface area (Å²) in [6, 6.07) is 48.6. The maximum absolute atomic E-state index is 12.4. The fourth-order valence-electron chi connectivity index (χ4n) is 8.26. The van der Waals surface area contributed by atoms with Crippen LogP contribution in [0.1, 0.15) is 105 Å². The van der Waals surface area contributed by atoms with Gasteiger partial charge in [-0.2, -0.15) is 0 Å². The molecule has 3 heterocycles. The van der Waals surface area contributed by atoms with Crippen molar-refractivity contribution < 1.29 is 26.2 Å². The van der Waals surface area contributed by atoms with E-state index in [-0.39, 0.29) is 48.5 Å². The molecule has 5 nitrogen and oxygen atoms in total. The topological polar surface area (TPSA) is 54.2 Å². The van der Waals surface area contributed by atoms with Crippen LogP contribution in [0.2, 0.25) is 0 Å². The van der Waals surface area contributed by atoms with Crippen LogP contribution in [0.5, 0.6) is 5.75 Å². The third-order valence-corrected chi connectivity index (χ3v) is 11.8. The Bertz CT molecular complexity index is 2900. The van der Waals surface area contributed by atoms with Crippen LogP contribution >= 0.6 is 0 Å². The van der Waals surface area contributed by atoms with Gasteiger partial charge in [0.25, 0.3) is 0 Å². The molecule has 5 aromatic carbocycles. The van der Waals surface area contributed by atoms with Crippen LogP contribution in [0.3, 0.4) is 0 Å². The van der Waals surface area contributed by atoms with Gasteiger partial charge in [0.1, 0.15) is 17.2 Å². The molecule has 8 aromatic rings. The van der Waals surface area contributed by atoms with Gasteiger partial charge in [-0.25, -0.2) is 4.98 Å². The van der Waals surface area contributed by atoms with E-state index in [0.29, 0.717) is 0 Å². The monoisotopic (exact) mass is 998 g/mol. The average molecular weight is 999 g/mol. The smallest absolute Gasteiger partial charge is 0.143 e. The molecule has 0 atom stereocenters. The van der Waals surface area contributed by atoms with Crippen LogP contribution in [-0.4, -0.2) is 19.6 Å². The minimum absolute atomic E-state index is 0. The Morgan fingerprint density at radius 1 is 0.565 bits per heavy atom. The van der Waals surface area contributed by atoms with Crippen LogP contribution in [0.4, 0.5) is 17.2 Å². The first-order valence-electron chi connectivity index (χ1n) is 21.5. The van der Waals surface area contributed by atoms with Crippen LogP contribution in [-0.2, 0) is 42.7 Å². The Balaban J connectivity index is 0.00000578. The Hall–Kier alpha value is -5.51. The third kappa shape index (κ3) is 8.49. The van der Waals surface area contributed by atoms with Gasteiger partial charge >= 0.3 is 0 Å². The Labute approximate surface area is 383 Å². The van der Waals surface area contributed by atoms with Gasteiger partial charge in [0.05, 0.1) is 11.2 Å². The van der Waals surface area contributed by atoms with E-state index in [1.807, 2.05) is 18.3 Å². The van der Waals surface area contributed by atoms with Crippen LogP contribution in [0, 0.1) is 6.07 Å². The van der Waals surface area contributed by atoms with Crippen molar-refractivity contribution in [2.45, 2.75) is 105 Å². The van der Waals surface area contributed by atoms with E-state index in [2.05, 4.69) is 214 Å². The largest absolute Gasteiger partial charge is 0.505 e. The first-order chi connectivity index (χ1) is 28.7. The first kappa shape index (κ1) is 44.5. The van der Waals surface area contributed by atoms with Crippen LogP contribution < -0.4 is 4.90 Å². The second kappa shape index (κ2) is 16.3. The number of phenolic OH excluding ortho intramolecular Hbond substituents is 1. The molecule has 0 aliphatic heterocycles. The number of hydrogen-bond donors (Lipinski definition) is 1. The van der Waals surface area contributed by atoms with E-state index in [4.69, 9.17) is 9.97 Å². The van der Waals surface area contributed by atoms with Crippen molar-refractivity contribution in [1.82, 2.24) is 14.5 Å². The maximum atomic E-state index is 12.4. The van der Waals surface area contributed by atoms with Crippen molar-refractivity contribution in [1.29, 1.82) is 0 Å². The second-order valence-corrected chi connectivity index (χ2v) is 20.6. The van der Waals surface area contributed by atoms with Crippen molar-refractivity contribution in [2.24, 2.45) is 0 Å². The summed E-state index contributed by atoms with van der Waals surface area (Å²) in [7, 11) is 0. The number of phenols is 1. The molecule has 0 bridgehead atoms. The fourth-order valence-corrected chi connectivity index (χ4v) is 8.26. The van der Waals surface area contributed by atoms with E-state index in [1.54, 1.807) is 0 Å². The predicted molar refractivity (Wildman–Crippen MR) is 257 cm³/mol. The summed E-state index contributed by atoms with van der Waals surface area (Å²) in [5, 5.41) is 14.6. The number of anilines is 3. The first-order valence-corrected chi connectivity index (χ1v) is 21.5. The normalized spacial score (nSPS) is 12.5. The molecular weight excluding hydrogens is 940 g/mol. The average Bonchev–Trinajstić information content (AvgIpc) is 3.53. The zero-order chi connectivity index (χ0) is 43.6. The summed E-state index contributed by atoms with van der Waals surface area (Å²) in [6.45, 7) is 26.7. The number of benzene rings is 5. The van der Waals surface area contributed by atoms with Crippen LogP contribution in [0.25, 0.3) is 50.0 Å². The standard InChI is InChI=1S/C56H59N4O.Pt/c1-53(2,3)39-26-27-47-43(32-39)44-35-45(55(7,8)9)50(58-52(44)60(47)48-34-40(54(4,5)6)33-46(51(48)61)56(10,11)12)38-22-19-25-42(30-38)59(41-23-17-14-18-24-41)49-31-37(28-29-57-49)36-20-15-13-16-21-36;/h13-29,31-35,61H,1-12H3;/q-1;. The molecule has 8 rings (SSSR count). The quantitative estimate of drug-likeness (QED) is 0.169. The molecule has 320 valence electrons. The van der Waals surface area contributed by atoms with Crippen molar-refractivity contribution in [3.05, 3.63) is 162 Å². The molecule has 62 heavy (non-hydrogen) atoms. The van der Waals surface area contributed by atoms with Gasteiger partial charge in [0.2, 0.25) is 0 Å². The molecule has 0 spiro atoms. The third-order valence-electron chi connectivity index (χ3n) is 11.8. The number of pyridine rings is 2. The van der Waals surface area contributed by atoms with E-state index in [9.17, 15) is 5.11 Å². The molecule has 1 N–H and O–H groups in total. The molecule has 0 aliphatic carbocycles. The van der Waals surface area contributed by atoms with Gasteiger partial charge < -0.3 is 10.0 Å². The Morgan fingerprint density at radius 2 is 1.21 bits per heavy atom. The Kier molecular flexibility index (Phi) is 11.7. The number of para-hydroxylation sites is 1. The predicted octanol–water partition coefficient (Wildman–Crippen LogP) is 15.1. The summed E-state index contributed by atoms with van der Waals surface area (Å²) >= 11 is 0. The SMILES string of the molecule is CC(C)(C)c1cc(-n2c3ccc(C(C)(C)C)cc3c3cc(C(C)(C)C)c(-c4[c-]c(N(c5ccccc5)c5cc(-c6ccccc6)ccn5)ccc4)nc32)c(O)c(C(C)(C)C)c1.[Pt]. The van der Waals surface area contributed by atoms with Gasteiger partial charge in [-0.1, -0.05) is 155 Å². The number of aromatic nitrogens is 3. The number of fused-ring (bicyclic) bond motifs is 3. The summed E-state index contributed by atoms with van der Waals surface area (Å²) in [4.78, 5) is 12.8. The van der Waals surface area contributed by atoms with E-state index in [0.717, 1.165) is 83.9 Å². The number of nitrogens with zero attached hydrogens (tertiary/aromatic N) is 4. The molecule has 0 fully saturated rings. The Morgan fingerprint density at radius 3 is 1.84 bits per heavy atom. The minimum atomic E-state index is -0.300. The second-order valence-electron chi connectivity index (χ2n) is 20.6.